The van der Waals surface area contributed by atoms with Crippen LogP contribution in [0.15, 0.2) is 48.0 Å². The second-order valence-electron chi connectivity index (χ2n) is 3.07. The molecule has 0 amide bonds. The predicted molar refractivity (Wildman–Crippen MR) is 59.5 cm³/mol. The third kappa shape index (κ3) is 4.11. The SMILES string of the molecule is CCOC(=O)C(F)=C=CCc1ccccc1. The minimum absolute atomic E-state index is 0.159. The van der Waals surface area contributed by atoms with Crippen LogP contribution in [0.4, 0.5) is 4.39 Å². The third-order valence-corrected chi connectivity index (χ3v) is 1.86. The number of ether oxygens (including phenoxy) is 1. The highest BCUT2D eigenvalue weighted by Gasteiger charge is 2.06. The second-order valence-corrected chi connectivity index (χ2v) is 3.07. The molecule has 0 unspecified atom stereocenters. The summed E-state index contributed by atoms with van der Waals surface area (Å²) >= 11 is 0. The highest BCUT2D eigenvalue weighted by molar-refractivity contribution is 5.85. The molecule has 84 valence electrons. The van der Waals surface area contributed by atoms with Gasteiger partial charge in [0.05, 0.1) is 6.61 Å². The fourth-order valence-electron chi connectivity index (χ4n) is 1.13. The van der Waals surface area contributed by atoms with Gasteiger partial charge in [-0.2, -0.15) is 4.39 Å². The molecule has 0 aliphatic heterocycles. The van der Waals surface area contributed by atoms with Gasteiger partial charge >= 0.3 is 5.97 Å². The Labute approximate surface area is 94.0 Å². The molecule has 0 bridgehead atoms. The zero-order chi connectivity index (χ0) is 11.8. The Kier molecular flexibility index (Phi) is 5.03. The van der Waals surface area contributed by atoms with Gasteiger partial charge in [0, 0.05) is 0 Å². The van der Waals surface area contributed by atoms with E-state index in [4.69, 9.17) is 0 Å². The van der Waals surface area contributed by atoms with Gasteiger partial charge in [-0.3, -0.25) is 0 Å². The zero-order valence-corrected chi connectivity index (χ0v) is 9.07. The zero-order valence-electron chi connectivity index (χ0n) is 9.07. The molecule has 0 aromatic heterocycles. The molecule has 1 rings (SSSR count). The highest BCUT2D eigenvalue weighted by Crippen LogP contribution is 2.01. The van der Waals surface area contributed by atoms with Crippen LogP contribution in [-0.2, 0) is 16.0 Å². The van der Waals surface area contributed by atoms with E-state index in [1.165, 1.54) is 6.08 Å². The van der Waals surface area contributed by atoms with Gasteiger partial charge in [-0.1, -0.05) is 36.1 Å². The number of benzene rings is 1. The molecular weight excluding hydrogens is 207 g/mol. The quantitative estimate of drug-likeness (QED) is 0.443. The Morgan fingerprint density at radius 1 is 1.44 bits per heavy atom. The van der Waals surface area contributed by atoms with Crippen LogP contribution in [0.5, 0.6) is 0 Å². The maximum Gasteiger partial charge on any atom is 0.375 e. The van der Waals surface area contributed by atoms with Gasteiger partial charge in [-0.25, -0.2) is 4.79 Å². The van der Waals surface area contributed by atoms with Crippen LogP contribution in [-0.4, -0.2) is 12.6 Å². The summed E-state index contributed by atoms with van der Waals surface area (Å²) in [6, 6.07) is 9.53. The van der Waals surface area contributed by atoms with Crippen molar-refractivity contribution in [1.82, 2.24) is 0 Å². The molecular formula is C13H13FO2. The minimum atomic E-state index is -0.988. The monoisotopic (exact) mass is 220 g/mol. The van der Waals surface area contributed by atoms with Gasteiger partial charge in [0.25, 0.3) is 0 Å². The first-order valence-corrected chi connectivity index (χ1v) is 5.05. The van der Waals surface area contributed by atoms with E-state index in [2.05, 4.69) is 10.5 Å². The lowest BCUT2D eigenvalue weighted by molar-refractivity contribution is -0.140. The first-order chi connectivity index (χ1) is 7.74. The Morgan fingerprint density at radius 3 is 2.75 bits per heavy atom. The van der Waals surface area contributed by atoms with E-state index in [0.29, 0.717) is 6.42 Å². The highest BCUT2D eigenvalue weighted by atomic mass is 19.1. The molecule has 0 saturated carbocycles. The summed E-state index contributed by atoms with van der Waals surface area (Å²) in [4.78, 5) is 10.9. The van der Waals surface area contributed by atoms with Crippen molar-refractivity contribution in [3.05, 3.63) is 53.5 Å². The van der Waals surface area contributed by atoms with Crippen molar-refractivity contribution >= 4 is 5.97 Å². The summed E-state index contributed by atoms with van der Waals surface area (Å²) in [5, 5.41) is 0. The minimum Gasteiger partial charge on any atom is -0.460 e. The summed E-state index contributed by atoms with van der Waals surface area (Å²) in [6.45, 7) is 1.78. The average molecular weight is 220 g/mol. The largest absolute Gasteiger partial charge is 0.460 e. The van der Waals surface area contributed by atoms with Crippen LogP contribution in [0.25, 0.3) is 0 Å². The van der Waals surface area contributed by atoms with Crippen LogP contribution in [0, 0.1) is 0 Å². The third-order valence-electron chi connectivity index (χ3n) is 1.86. The van der Waals surface area contributed by atoms with E-state index in [9.17, 15) is 9.18 Å². The number of halogens is 1. The summed E-state index contributed by atoms with van der Waals surface area (Å²) in [5.74, 6) is -1.95. The van der Waals surface area contributed by atoms with Crippen molar-refractivity contribution in [3.8, 4) is 0 Å². The first-order valence-electron chi connectivity index (χ1n) is 5.05. The number of hydrogen-bond donors (Lipinski definition) is 0. The lowest BCUT2D eigenvalue weighted by Crippen LogP contribution is -2.03. The predicted octanol–water partition coefficient (Wildman–Crippen LogP) is 2.80. The molecule has 0 N–H and O–H groups in total. The van der Waals surface area contributed by atoms with Gasteiger partial charge in [0.1, 0.15) is 0 Å². The maximum absolute atomic E-state index is 13.0. The summed E-state index contributed by atoms with van der Waals surface area (Å²) in [6.07, 6.45) is 2.01. The smallest absolute Gasteiger partial charge is 0.375 e. The topological polar surface area (TPSA) is 26.3 Å². The molecule has 1 aromatic carbocycles. The second kappa shape index (κ2) is 6.59. The van der Waals surface area contributed by atoms with E-state index in [-0.39, 0.29) is 6.61 Å². The molecule has 0 aliphatic carbocycles. The molecule has 2 nitrogen and oxygen atoms in total. The summed E-state index contributed by atoms with van der Waals surface area (Å²) in [5.41, 5.74) is 3.30. The Morgan fingerprint density at radius 2 is 2.12 bits per heavy atom. The number of carbonyl (C=O) groups is 1. The molecule has 0 radical (unpaired) electrons. The summed E-state index contributed by atoms with van der Waals surface area (Å²) in [7, 11) is 0. The average Bonchev–Trinajstić information content (AvgIpc) is 2.30. The van der Waals surface area contributed by atoms with E-state index in [1.807, 2.05) is 30.3 Å². The molecule has 0 spiro atoms. The van der Waals surface area contributed by atoms with Crippen LogP contribution in [0.2, 0.25) is 0 Å². The van der Waals surface area contributed by atoms with Gasteiger partial charge in [0.2, 0.25) is 5.83 Å². The van der Waals surface area contributed by atoms with Crippen molar-refractivity contribution in [2.24, 2.45) is 0 Å². The lowest BCUT2D eigenvalue weighted by atomic mass is 10.1. The van der Waals surface area contributed by atoms with E-state index in [0.717, 1.165) is 5.56 Å². The molecule has 1 aromatic rings. The van der Waals surface area contributed by atoms with Crippen LogP contribution in [0.3, 0.4) is 0 Å². The Bertz CT molecular complexity index is 403. The fourth-order valence-corrected chi connectivity index (χ4v) is 1.13. The van der Waals surface area contributed by atoms with E-state index < -0.39 is 11.8 Å². The molecule has 3 heteroatoms. The Hall–Kier alpha value is -1.86. The summed E-state index contributed by atoms with van der Waals surface area (Å²) < 4.78 is 17.5. The number of carbonyl (C=O) groups excluding carboxylic acids is 1. The van der Waals surface area contributed by atoms with Crippen molar-refractivity contribution in [2.75, 3.05) is 6.61 Å². The van der Waals surface area contributed by atoms with Gasteiger partial charge < -0.3 is 4.74 Å². The first kappa shape index (κ1) is 12.2. The Balaban J connectivity index is 2.59. The van der Waals surface area contributed by atoms with Gasteiger partial charge in [-0.05, 0) is 25.0 Å². The van der Waals surface area contributed by atoms with Crippen LogP contribution >= 0.6 is 0 Å². The molecule has 0 atom stereocenters. The van der Waals surface area contributed by atoms with Gasteiger partial charge in [-0.15, -0.1) is 0 Å². The van der Waals surface area contributed by atoms with Gasteiger partial charge in [0.15, 0.2) is 0 Å². The van der Waals surface area contributed by atoms with E-state index in [1.54, 1.807) is 6.92 Å². The fraction of sp³-hybridized carbons (Fsp3) is 0.231. The van der Waals surface area contributed by atoms with Crippen molar-refractivity contribution in [3.63, 3.8) is 0 Å². The number of hydrogen-bond acceptors (Lipinski definition) is 2. The molecule has 0 heterocycles. The molecule has 0 saturated heterocycles. The van der Waals surface area contributed by atoms with Crippen molar-refractivity contribution in [2.45, 2.75) is 13.3 Å². The van der Waals surface area contributed by atoms with E-state index >= 15 is 0 Å². The normalized spacial score (nSPS) is 9.12. The molecule has 0 fully saturated rings. The number of esters is 1. The van der Waals surface area contributed by atoms with Crippen molar-refractivity contribution in [1.29, 1.82) is 0 Å². The van der Waals surface area contributed by atoms with Crippen molar-refractivity contribution < 1.29 is 13.9 Å². The number of rotatable bonds is 4. The molecule has 16 heavy (non-hydrogen) atoms. The van der Waals surface area contributed by atoms with Crippen LogP contribution in [0.1, 0.15) is 12.5 Å². The van der Waals surface area contributed by atoms with Crippen LogP contribution < -0.4 is 0 Å². The maximum atomic E-state index is 13.0. The lowest BCUT2D eigenvalue weighted by Gasteiger charge is -1.95. The molecule has 0 aliphatic rings. The standard InChI is InChI=1S/C13H13FO2/c1-2-16-13(15)12(14)10-6-9-11-7-4-3-5-8-11/h3-8H,2,9H2,1H3.